The van der Waals surface area contributed by atoms with Gasteiger partial charge >= 0.3 is 6.09 Å². The number of likely N-dealkylation sites (tertiary alicyclic amines) is 1. The fraction of sp³-hybridized carbons (Fsp3) is 0.571. The molecule has 1 aliphatic rings. The lowest BCUT2D eigenvalue weighted by atomic mass is 10.0. The molecule has 1 aliphatic heterocycles. The van der Waals surface area contributed by atoms with Gasteiger partial charge in [-0.15, -0.1) is 0 Å². The first-order chi connectivity index (χ1) is 13.3. The van der Waals surface area contributed by atoms with Crippen LogP contribution in [-0.4, -0.2) is 55.1 Å². The Morgan fingerprint density at radius 2 is 1.86 bits per heavy atom. The van der Waals surface area contributed by atoms with Crippen molar-refractivity contribution in [3.63, 3.8) is 0 Å². The number of carbonyl (C=O) groups is 3. The van der Waals surface area contributed by atoms with Gasteiger partial charge in [-0.3, -0.25) is 9.59 Å². The Labute approximate surface area is 167 Å². The molecular formula is C21H31N3O4. The van der Waals surface area contributed by atoms with Crippen LogP contribution in [0.1, 0.15) is 52.0 Å². The van der Waals surface area contributed by atoms with Gasteiger partial charge < -0.3 is 19.9 Å². The van der Waals surface area contributed by atoms with Crippen LogP contribution in [0.15, 0.2) is 24.3 Å². The molecular weight excluding hydrogens is 358 g/mol. The van der Waals surface area contributed by atoms with E-state index in [9.17, 15) is 14.4 Å². The Morgan fingerprint density at radius 1 is 1.21 bits per heavy atom. The summed E-state index contributed by atoms with van der Waals surface area (Å²) < 4.78 is 5.01. The van der Waals surface area contributed by atoms with Crippen molar-refractivity contribution in [1.82, 2.24) is 10.2 Å². The van der Waals surface area contributed by atoms with Crippen molar-refractivity contribution in [1.29, 1.82) is 0 Å². The van der Waals surface area contributed by atoms with E-state index < -0.39 is 0 Å². The van der Waals surface area contributed by atoms with E-state index in [4.69, 9.17) is 4.74 Å². The normalized spacial score (nSPS) is 14.7. The van der Waals surface area contributed by atoms with Crippen LogP contribution in [0.25, 0.3) is 0 Å². The smallest absolute Gasteiger partial charge is 0.409 e. The fourth-order valence-corrected chi connectivity index (χ4v) is 3.43. The number of ether oxygens (including phenoxy) is 1. The van der Waals surface area contributed by atoms with E-state index >= 15 is 0 Å². The molecule has 0 spiro atoms. The van der Waals surface area contributed by atoms with Crippen LogP contribution in [0, 0.1) is 0 Å². The van der Waals surface area contributed by atoms with E-state index in [0.29, 0.717) is 32.5 Å². The average Bonchev–Trinajstić information content (AvgIpc) is 2.66. The maximum atomic E-state index is 12.6. The number of carbonyl (C=O) groups excluding carboxylic acids is 3. The molecule has 7 heteroatoms. The standard InChI is InChI=1S/C21H31N3O4/c1-5-28-21(27)23-12-10-17(11-13-23)22-20(26)14-24(16(4)25)19-9-7-6-8-18(19)15(2)3/h6-9,15,17H,5,10-14H2,1-4H3,(H,22,26). The van der Waals surface area contributed by atoms with Crippen molar-refractivity contribution in [2.24, 2.45) is 0 Å². The van der Waals surface area contributed by atoms with Crippen molar-refractivity contribution in [2.75, 3.05) is 31.1 Å². The predicted molar refractivity (Wildman–Crippen MR) is 108 cm³/mol. The Hall–Kier alpha value is -2.57. The minimum atomic E-state index is -0.305. The summed E-state index contributed by atoms with van der Waals surface area (Å²) >= 11 is 0. The molecule has 0 radical (unpaired) electrons. The van der Waals surface area contributed by atoms with Crippen molar-refractivity contribution in [3.8, 4) is 0 Å². The summed E-state index contributed by atoms with van der Waals surface area (Å²) in [6.07, 6.45) is 1.04. The highest BCUT2D eigenvalue weighted by atomic mass is 16.6. The third-order valence-electron chi connectivity index (χ3n) is 4.92. The topological polar surface area (TPSA) is 79.0 Å². The molecule has 0 aromatic heterocycles. The number of para-hydroxylation sites is 1. The Morgan fingerprint density at radius 3 is 2.43 bits per heavy atom. The van der Waals surface area contributed by atoms with Crippen LogP contribution < -0.4 is 10.2 Å². The maximum absolute atomic E-state index is 12.6. The van der Waals surface area contributed by atoms with Crippen molar-refractivity contribution >= 4 is 23.6 Å². The van der Waals surface area contributed by atoms with Crippen molar-refractivity contribution in [2.45, 2.75) is 52.5 Å². The number of nitrogens with one attached hydrogen (secondary N) is 1. The van der Waals surface area contributed by atoms with Crippen LogP contribution >= 0.6 is 0 Å². The molecule has 154 valence electrons. The third kappa shape index (κ3) is 5.71. The number of piperidine rings is 1. The highest BCUT2D eigenvalue weighted by molar-refractivity contribution is 5.98. The SMILES string of the molecule is CCOC(=O)N1CCC(NC(=O)CN(C(C)=O)c2ccccc2C(C)C)CC1. The summed E-state index contributed by atoms with van der Waals surface area (Å²) in [5.41, 5.74) is 1.81. The zero-order valence-electron chi connectivity index (χ0n) is 17.2. The van der Waals surface area contributed by atoms with Crippen molar-refractivity contribution in [3.05, 3.63) is 29.8 Å². The zero-order chi connectivity index (χ0) is 20.7. The van der Waals surface area contributed by atoms with Gasteiger partial charge in [0.15, 0.2) is 0 Å². The molecule has 0 unspecified atom stereocenters. The van der Waals surface area contributed by atoms with E-state index in [2.05, 4.69) is 19.2 Å². The van der Waals surface area contributed by atoms with Crippen molar-refractivity contribution < 1.29 is 19.1 Å². The van der Waals surface area contributed by atoms with E-state index in [0.717, 1.165) is 11.3 Å². The second kappa shape index (κ2) is 10.1. The van der Waals surface area contributed by atoms with Gasteiger partial charge in [0.25, 0.3) is 0 Å². The van der Waals surface area contributed by atoms with E-state index in [1.54, 1.807) is 11.8 Å². The largest absolute Gasteiger partial charge is 0.450 e. The van der Waals surface area contributed by atoms with Crippen LogP contribution in [0.5, 0.6) is 0 Å². The molecule has 1 fully saturated rings. The fourth-order valence-electron chi connectivity index (χ4n) is 3.43. The molecule has 1 aromatic carbocycles. The van der Waals surface area contributed by atoms with E-state index in [-0.39, 0.29) is 36.4 Å². The van der Waals surface area contributed by atoms with Gasteiger partial charge in [0.05, 0.1) is 6.61 Å². The lowest BCUT2D eigenvalue weighted by molar-refractivity contribution is -0.123. The van der Waals surface area contributed by atoms with Crippen LogP contribution in [0.4, 0.5) is 10.5 Å². The minimum Gasteiger partial charge on any atom is -0.450 e. The monoisotopic (exact) mass is 389 g/mol. The summed E-state index contributed by atoms with van der Waals surface area (Å²) in [4.78, 5) is 39.8. The van der Waals surface area contributed by atoms with Gasteiger partial charge in [-0.25, -0.2) is 4.79 Å². The molecule has 7 nitrogen and oxygen atoms in total. The van der Waals surface area contributed by atoms with Gasteiger partial charge in [-0.2, -0.15) is 0 Å². The molecule has 0 bridgehead atoms. The van der Waals surface area contributed by atoms with Gasteiger partial charge in [-0.1, -0.05) is 32.0 Å². The molecule has 0 aliphatic carbocycles. The quantitative estimate of drug-likeness (QED) is 0.811. The Kier molecular flexibility index (Phi) is 7.84. The van der Waals surface area contributed by atoms with Gasteiger partial charge in [0.2, 0.25) is 11.8 Å². The number of hydrogen-bond donors (Lipinski definition) is 1. The van der Waals surface area contributed by atoms with Gasteiger partial charge in [0.1, 0.15) is 6.54 Å². The molecule has 1 heterocycles. The highest BCUT2D eigenvalue weighted by Gasteiger charge is 2.26. The van der Waals surface area contributed by atoms with E-state index in [1.807, 2.05) is 24.3 Å². The first-order valence-electron chi connectivity index (χ1n) is 9.91. The molecule has 1 saturated heterocycles. The van der Waals surface area contributed by atoms with Gasteiger partial charge in [-0.05, 0) is 37.3 Å². The summed E-state index contributed by atoms with van der Waals surface area (Å²) in [7, 11) is 0. The summed E-state index contributed by atoms with van der Waals surface area (Å²) in [6, 6.07) is 7.67. The number of hydrogen-bond acceptors (Lipinski definition) is 4. The average molecular weight is 389 g/mol. The molecule has 28 heavy (non-hydrogen) atoms. The van der Waals surface area contributed by atoms with Crippen LogP contribution in [0.2, 0.25) is 0 Å². The predicted octanol–water partition coefficient (Wildman–Crippen LogP) is 2.90. The third-order valence-corrected chi connectivity index (χ3v) is 4.92. The highest BCUT2D eigenvalue weighted by Crippen LogP contribution is 2.27. The minimum absolute atomic E-state index is 0.00710. The number of rotatable bonds is 6. The second-order valence-electron chi connectivity index (χ2n) is 7.35. The molecule has 1 N–H and O–H groups in total. The maximum Gasteiger partial charge on any atom is 0.409 e. The molecule has 2 rings (SSSR count). The zero-order valence-corrected chi connectivity index (χ0v) is 17.2. The lowest BCUT2D eigenvalue weighted by Crippen LogP contribution is -2.49. The number of nitrogens with zero attached hydrogens (tertiary/aromatic N) is 2. The number of anilines is 1. The van der Waals surface area contributed by atoms with Crippen LogP contribution in [-0.2, 0) is 14.3 Å². The Balaban J connectivity index is 1.96. The molecule has 0 atom stereocenters. The second-order valence-corrected chi connectivity index (χ2v) is 7.35. The molecule has 3 amide bonds. The first kappa shape index (κ1) is 21.7. The number of benzene rings is 1. The molecule has 1 aromatic rings. The first-order valence-corrected chi connectivity index (χ1v) is 9.91. The van der Waals surface area contributed by atoms with Crippen LogP contribution in [0.3, 0.4) is 0 Å². The molecule has 0 saturated carbocycles. The summed E-state index contributed by atoms with van der Waals surface area (Å²) in [6.45, 7) is 8.83. The van der Waals surface area contributed by atoms with Gasteiger partial charge in [0, 0.05) is 31.7 Å². The Bertz CT molecular complexity index is 697. The number of amides is 3. The lowest BCUT2D eigenvalue weighted by Gasteiger charge is -2.32. The summed E-state index contributed by atoms with van der Waals surface area (Å²) in [5.74, 6) is -0.114. The van der Waals surface area contributed by atoms with E-state index in [1.165, 1.54) is 11.8 Å². The summed E-state index contributed by atoms with van der Waals surface area (Å²) in [5, 5.41) is 3.00.